The molecule has 3 aromatic rings. The van der Waals surface area contributed by atoms with Gasteiger partial charge < -0.3 is 14.7 Å². The third kappa shape index (κ3) is 6.22. The molecule has 0 fully saturated rings. The number of unbranched alkanes of at least 4 members (excludes halogenated alkanes) is 1. The highest BCUT2D eigenvalue weighted by Crippen LogP contribution is 2.40. The number of rotatable bonds is 9. The third-order valence-corrected chi connectivity index (χ3v) is 7.57. The second-order valence-electron chi connectivity index (χ2n) is 8.26. The van der Waals surface area contributed by atoms with E-state index in [4.69, 9.17) is 20.9 Å². The molecule has 0 bridgehead atoms. The van der Waals surface area contributed by atoms with Crippen LogP contribution < -0.4 is 14.2 Å². The Labute approximate surface area is 216 Å². The Morgan fingerprint density at radius 3 is 2.75 bits per heavy atom. The van der Waals surface area contributed by atoms with Crippen molar-refractivity contribution in [3.63, 3.8) is 0 Å². The van der Waals surface area contributed by atoms with Gasteiger partial charge in [0, 0.05) is 35.9 Å². The number of hydrogen-bond acceptors (Lipinski definition) is 6. The van der Waals surface area contributed by atoms with E-state index in [-0.39, 0.29) is 18.7 Å². The van der Waals surface area contributed by atoms with Crippen molar-refractivity contribution < 1.29 is 36.6 Å². The van der Waals surface area contributed by atoms with Gasteiger partial charge in [0.05, 0.1) is 11.4 Å². The number of allylic oxidation sites excluding steroid dienone is 2. The van der Waals surface area contributed by atoms with Crippen LogP contribution in [0.1, 0.15) is 24.8 Å². The summed E-state index contributed by atoms with van der Waals surface area (Å²) in [5, 5.41) is 10.6. The predicted octanol–water partition coefficient (Wildman–Crippen LogP) is 4.88. The summed E-state index contributed by atoms with van der Waals surface area (Å²) in [5.74, 6) is -0.909. The Kier molecular flexibility index (Phi) is 7.65. The highest BCUT2D eigenvalue weighted by atomic mass is 35.5. The van der Waals surface area contributed by atoms with E-state index in [0.717, 1.165) is 10.3 Å². The number of anilines is 1. The molecule has 0 radical (unpaired) electrons. The lowest BCUT2D eigenvalue weighted by Crippen LogP contribution is -2.39. The molecule has 2 aromatic carbocycles. The number of thiazole rings is 1. The van der Waals surface area contributed by atoms with E-state index in [9.17, 15) is 22.7 Å². The summed E-state index contributed by atoms with van der Waals surface area (Å²) in [4.78, 5) is 13.2. The zero-order chi connectivity index (χ0) is 26.0. The molecule has 190 valence electrons. The molecule has 0 spiro atoms. The van der Waals surface area contributed by atoms with Gasteiger partial charge in [-0.2, -0.15) is 13.0 Å². The van der Waals surface area contributed by atoms with Crippen molar-refractivity contribution >= 4 is 61.0 Å². The van der Waals surface area contributed by atoms with Crippen molar-refractivity contribution in [2.24, 2.45) is 0 Å². The fourth-order valence-corrected chi connectivity index (χ4v) is 5.77. The van der Waals surface area contributed by atoms with Gasteiger partial charge in [0.25, 0.3) is 15.1 Å². The SMILES string of the molecule is CC(=Cc1sc2ccc(Cl)cc2[n+]1CC(=O)O)C=C1Oc2ccc(F)cc2N1CCCCS(=O)(=O)O. The first-order valence-corrected chi connectivity index (χ1v) is 13.7. The molecule has 0 saturated heterocycles. The first-order valence-electron chi connectivity index (χ1n) is 10.9. The molecule has 1 aliphatic heterocycles. The molecule has 0 aliphatic carbocycles. The van der Waals surface area contributed by atoms with E-state index in [1.54, 1.807) is 27.7 Å². The molecule has 1 aliphatic rings. The second kappa shape index (κ2) is 10.6. The number of carbonyl (C=O) groups is 1. The lowest BCUT2D eigenvalue weighted by molar-refractivity contribution is -0.657. The number of halogens is 2. The number of aliphatic carboxylic acids is 1. The maximum absolute atomic E-state index is 14.0. The van der Waals surface area contributed by atoms with Gasteiger partial charge in [-0.3, -0.25) is 4.55 Å². The van der Waals surface area contributed by atoms with E-state index in [1.807, 2.05) is 19.1 Å². The summed E-state index contributed by atoms with van der Waals surface area (Å²) < 4.78 is 53.5. The standard InChI is InChI=1S/C24H22ClFN2O6S2/c1-15(11-23-28(14-24(29)30)19-12-16(25)4-7-21(19)35-23)10-22-27(8-2-3-9-36(31,32)33)18-13-17(26)5-6-20(18)34-22/h4-7,10-13H,2-3,8-9,14H2,1H3,(H-,29,30,31,32,33)/p+1. The number of nitrogens with zero attached hydrogens (tertiary/aromatic N) is 2. The smallest absolute Gasteiger partial charge is 0.370 e. The van der Waals surface area contributed by atoms with Crippen LogP contribution in [-0.4, -0.2) is 36.3 Å². The Morgan fingerprint density at radius 1 is 1.25 bits per heavy atom. The van der Waals surface area contributed by atoms with Crippen molar-refractivity contribution in [2.75, 3.05) is 17.2 Å². The summed E-state index contributed by atoms with van der Waals surface area (Å²) in [7, 11) is -4.07. The topological polar surface area (TPSA) is 108 Å². The first-order chi connectivity index (χ1) is 17.0. The molecule has 0 amide bonds. The van der Waals surface area contributed by atoms with E-state index >= 15 is 0 Å². The summed E-state index contributed by atoms with van der Waals surface area (Å²) >= 11 is 7.55. The minimum atomic E-state index is -4.07. The number of hydrogen-bond donors (Lipinski definition) is 2. The Bertz CT molecular complexity index is 1500. The lowest BCUT2D eigenvalue weighted by atomic mass is 10.2. The number of carboxylic acid groups (broad SMARTS) is 1. The normalized spacial score (nSPS) is 14.9. The van der Waals surface area contributed by atoms with Gasteiger partial charge in [0.2, 0.25) is 17.9 Å². The Morgan fingerprint density at radius 2 is 2.03 bits per heavy atom. The zero-order valence-corrected chi connectivity index (χ0v) is 21.5. The van der Waals surface area contributed by atoms with Crippen LogP contribution in [0.5, 0.6) is 5.75 Å². The van der Waals surface area contributed by atoms with Crippen LogP contribution in [0.15, 0.2) is 53.9 Å². The van der Waals surface area contributed by atoms with Gasteiger partial charge in [0.1, 0.15) is 10.5 Å². The molecule has 4 rings (SSSR count). The lowest BCUT2D eigenvalue weighted by Gasteiger charge is -2.18. The van der Waals surface area contributed by atoms with Crippen molar-refractivity contribution in [2.45, 2.75) is 26.3 Å². The number of benzene rings is 2. The molecular weight excluding hydrogens is 531 g/mol. The van der Waals surface area contributed by atoms with Crippen molar-refractivity contribution in [3.05, 3.63) is 69.8 Å². The average molecular weight is 554 g/mol. The fourth-order valence-electron chi connectivity index (χ4n) is 3.88. The summed E-state index contributed by atoms with van der Waals surface area (Å²) in [5.41, 5.74) is 1.97. The van der Waals surface area contributed by atoms with E-state index in [0.29, 0.717) is 45.8 Å². The average Bonchev–Trinajstić information content (AvgIpc) is 3.27. The highest BCUT2D eigenvalue weighted by Gasteiger charge is 2.27. The fraction of sp³-hybridized carbons (Fsp3) is 0.250. The van der Waals surface area contributed by atoms with E-state index < -0.39 is 21.9 Å². The molecule has 36 heavy (non-hydrogen) atoms. The molecule has 8 nitrogen and oxygen atoms in total. The minimum Gasteiger partial charge on any atom is -0.477 e. The minimum absolute atomic E-state index is 0.224. The first kappa shape index (κ1) is 26.1. The Hall–Kier alpha value is -2.99. The van der Waals surface area contributed by atoms with Crippen LogP contribution in [0, 0.1) is 5.82 Å². The number of carboxylic acids is 1. The van der Waals surface area contributed by atoms with Crippen LogP contribution >= 0.6 is 22.9 Å². The molecule has 0 atom stereocenters. The van der Waals surface area contributed by atoms with Crippen LogP contribution in [0.2, 0.25) is 5.02 Å². The van der Waals surface area contributed by atoms with Gasteiger partial charge in [-0.25, -0.2) is 9.18 Å². The number of ether oxygens (including phenoxy) is 1. The largest absolute Gasteiger partial charge is 0.477 e. The van der Waals surface area contributed by atoms with Crippen LogP contribution in [-0.2, 0) is 21.5 Å². The van der Waals surface area contributed by atoms with E-state index in [1.165, 1.54) is 29.5 Å². The van der Waals surface area contributed by atoms with Crippen LogP contribution in [0.25, 0.3) is 16.3 Å². The molecule has 0 saturated carbocycles. The number of fused-ring (bicyclic) bond motifs is 2. The second-order valence-corrected chi connectivity index (χ2v) is 11.3. The van der Waals surface area contributed by atoms with Crippen molar-refractivity contribution in [1.82, 2.24) is 0 Å². The molecular formula is C24H23ClFN2O6S2+. The maximum atomic E-state index is 14.0. The highest BCUT2D eigenvalue weighted by molar-refractivity contribution is 7.85. The summed E-state index contributed by atoms with van der Waals surface area (Å²) in [6.45, 7) is 1.93. The molecule has 1 aromatic heterocycles. The van der Waals surface area contributed by atoms with Gasteiger partial charge in [0.15, 0.2) is 5.75 Å². The van der Waals surface area contributed by atoms with Crippen molar-refractivity contribution in [1.29, 1.82) is 0 Å². The van der Waals surface area contributed by atoms with Gasteiger partial charge >= 0.3 is 5.97 Å². The van der Waals surface area contributed by atoms with Crippen LogP contribution in [0.4, 0.5) is 10.1 Å². The van der Waals surface area contributed by atoms with Crippen molar-refractivity contribution in [3.8, 4) is 5.75 Å². The zero-order valence-electron chi connectivity index (χ0n) is 19.1. The van der Waals surface area contributed by atoms with E-state index in [2.05, 4.69) is 0 Å². The molecule has 0 unspecified atom stereocenters. The Balaban J connectivity index is 1.66. The van der Waals surface area contributed by atoms with Gasteiger partial charge in [-0.05, 0) is 49.6 Å². The summed E-state index contributed by atoms with van der Waals surface area (Å²) in [6.07, 6.45) is 4.22. The maximum Gasteiger partial charge on any atom is 0.370 e. The summed E-state index contributed by atoms with van der Waals surface area (Å²) in [6, 6.07) is 9.46. The monoisotopic (exact) mass is 553 g/mol. The van der Waals surface area contributed by atoms with Gasteiger partial charge in [-0.1, -0.05) is 22.9 Å². The number of aromatic nitrogens is 1. The molecule has 2 N–H and O–H groups in total. The molecule has 2 heterocycles. The van der Waals surface area contributed by atoms with Gasteiger partial charge in [-0.15, -0.1) is 0 Å². The van der Waals surface area contributed by atoms with Crippen LogP contribution in [0.3, 0.4) is 0 Å². The third-order valence-electron chi connectivity index (χ3n) is 5.41. The molecule has 12 heteroatoms. The predicted molar refractivity (Wildman–Crippen MR) is 136 cm³/mol. The quantitative estimate of drug-likeness (QED) is 0.221.